The molecule has 0 aliphatic carbocycles. The number of benzene rings is 2. The first-order chi connectivity index (χ1) is 11.8. The van der Waals surface area contributed by atoms with Gasteiger partial charge in [0.15, 0.2) is 0 Å². The normalized spacial score (nSPS) is 12.2. The van der Waals surface area contributed by atoms with E-state index in [4.69, 9.17) is 4.98 Å². The van der Waals surface area contributed by atoms with Crippen LogP contribution in [-0.2, 0) is 0 Å². The van der Waals surface area contributed by atoms with Gasteiger partial charge in [-0.3, -0.25) is 4.98 Å². The second kappa shape index (κ2) is 6.42. The van der Waals surface area contributed by atoms with Crippen molar-refractivity contribution in [1.82, 2.24) is 9.97 Å². The summed E-state index contributed by atoms with van der Waals surface area (Å²) in [6.07, 6.45) is 3.64. The molecular weight excluding hydrogens is 314 g/mol. The first-order valence-corrected chi connectivity index (χ1v) is 8.74. The van der Waals surface area contributed by atoms with Gasteiger partial charge >= 0.3 is 0 Å². The predicted octanol–water partition coefficient (Wildman–Crippen LogP) is 5.53. The third-order valence-electron chi connectivity index (χ3n) is 3.98. The number of pyridine rings is 1. The van der Waals surface area contributed by atoms with Crippen molar-refractivity contribution in [3.05, 3.63) is 78.6 Å². The van der Waals surface area contributed by atoms with Crippen molar-refractivity contribution in [2.45, 2.75) is 13.0 Å². The first kappa shape index (κ1) is 14.8. The Morgan fingerprint density at radius 3 is 2.67 bits per heavy atom. The number of hydrogen-bond acceptors (Lipinski definition) is 4. The molecule has 2 aromatic heterocycles. The molecule has 1 N–H and O–H groups in total. The van der Waals surface area contributed by atoms with E-state index in [1.165, 1.54) is 10.3 Å². The van der Waals surface area contributed by atoms with E-state index < -0.39 is 0 Å². The zero-order valence-electron chi connectivity index (χ0n) is 13.3. The highest BCUT2D eigenvalue weighted by atomic mass is 32.1. The molecule has 4 aromatic rings. The maximum Gasteiger partial charge on any atom is 0.126 e. The summed E-state index contributed by atoms with van der Waals surface area (Å²) in [6, 6.07) is 21.0. The minimum absolute atomic E-state index is 0.259. The first-order valence-electron chi connectivity index (χ1n) is 7.92. The Morgan fingerprint density at radius 1 is 1.00 bits per heavy atom. The molecule has 0 saturated heterocycles. The fourth-order valence-electron chi connectivity index (χ4n) is 2.70. The Hall–Kier alpha value is -2.72. The standard InChI is InChI=1S/C20H17N3S/c1-14(15-6-3-2-4-7-15)22-17-9-10-18-19(12-17)24-20(23-18)16-8-5-11-21-13-16/h2-14,22H,1H3/t14-/m0/s1. The van der Waals surface area contributed by atoms with Crippen LogP contribution in [0, 0.1) is 0 Å². The van der Waals surface area contributed by atoms with Gasteiger partial charge in [-0.05, 0) is 42.8 Å². The van der Waals surface area contributed by atoms with Crippen molar-refractivity contribution < 1.29 is 0 Å². The fourth-order valence-corrected chi connectivity index (χ4v) is 3.70. The maximum atomic E-state index is 4.71. The SMILES string of the molecule is C[C@H](Nc1ccc2nc(-c3cccnc3)sc2c1)c1ccccc1. The zero-order chi connectivity index (χ0) is 16.4. The third-order valence-corrected chi connectivity index (χ3v) is 5.05. The Labute approximate surface area is 145 Å². The van der Waals surface area contributed by atoms with E-state index in [1.807, 2.05) is 24.4 Å². The summed E-state index contributed by atoms with van der Waals surface area (Å²) in [5, 5.41) is 4.57. The predicted molar refractivity (Wildman–Crippen MR) is 101 cm³/mol. The number of rotatable bonds is 4. The van der Waals surface area contributed by atoms with Crippen LogP contribution in [0.5, 0.6) is 0 Å². The number of nitrogens with one attached hydrogen (secondary N) is 1. The Balaban J connectivity index is 1.61. The molecule has 0 radical (unpaired) electrons. The molecular formula is C20H17N3S. The molecule has 0 fully saturated rings. The van der Waals surface area contributed by atoms with Crippen molar-refractivity contribution in [2.24, 2.45) is 0 Å². The fraction of sp³-hybridized carbons (Fsp3) is 0.100. The van der Waals surface area contributed by atoms with Gasteiger partial charge in [0.2, 0.25) is 0 Å². The summed E-state index contributed by atoms with van der Waals surface area (Å²) in [4.78, 5) is 8.89. The van der Waals surface area contributed by atoms with Crippen molar-refractivity contribution in [3.63, 3.8) is 0 Å². The molecule has 3 nitrogen and oxygen atoms in total. The molecule has 0 spiro atoms. The van der Waals surface area contributed by atoms with Gasteiger partial charge in [-0.15, -0.1) is 11.3 Å². The maximum absolute atomic E-state index is 4.71. The number of fused-ring (bicyclic) bond motifs is 1. The van der Waals surface area contributed by atoms with Crippen molar-refractivity contribution in [3.8, 4) is 10.6 Å². The van der Waals surface area contributed by atoms with Gasteiger partial charge < -0.3 is 5.32 Å². The summed E-state index contributed by atoms with van der Waals surface area (Å²) in [5.41, 5.74) is 4.47. The molecule has 24 heavy (non-hydrogen) atoms. The molecule has 0 unspecified atom stereocenters. The molecule has 1 atom stereocenters. The number of hydrogen-bond donors (Lipinski definition) is 1. The molecule has 0 saturated carbocycles. The van der Waals surface area contributed by atoms with Crippen LogP contribution < -0.4 is 5.32 Å². The van der Waals surface area contributed by atoms with E-state index in [9.17, 15) is 0 Å². The van der Waals surface area contributed by atoms with Gasteiger partial charge in [0.25, 0.3) is 0 Å². The van der Waals surface area contributed by atoms with E-state index in [1.54, 1.807) is 17.5 Å². The summed E-state index contributed by atoms with van der Waals surface area (Å²) >= 11 is 1.70. The molecule has 2 aromatic carbocycles. The van der Waals surface area contributed by atoms with E-state index in [2.05, 4.69) is 59.7 Å². The molecule has 4 heteroatoms. The number of anilines is 1. The molecule has 0 amide bonds. The molecule has 0 bridgehead atoms. The van der Waals surface area contributed by atoms with Gasteiger partial charge in [0.05, 0.1) is 10.2 Å². The minimum atomic E-state index is 0.259. The van der Waals surface area contributed by atoms with Crippen molar-refractivity contribution in [2.75, 3.05) is 5.32 Å². The number of aromatic nitrogens is 2. The highest BCUT2D eigenvalue weighted by Gasteiger charge is 2.09. The molecule has 0 aliphatic rings. The third kappa shape index (κ3) is 3.01. The summed E-state index contributed by atoms with van der Waals surface area (Å²) in [6.45, 7) is 2.17. The van der Waals surface area contributed by atoms with Crippen LogP contribution in [0.3, 0.4) is 0 Å². The lowest BCUT2D eigenvalue weighted by atomic mass is 10.1. The van der Waals surface area contributed by atoms with Crippen LogP contribution in [0.25, 0.3) is 20.8 Å². The topological polar surface area (TPSA) is 37.8 Å². The second-order valence-electron chi connectivity index (χ2n) is 5.72. The lowest BCUT2D eigenvalue weighted by molar-refractivity contribution is 0.885. The van der Waals surface area contributed by atoms with Crippen LogP contribution in [0.4, 0.5) is 5.69 Å². The van der Waals surface area contributed by atoms with Crippen LogP contribution in [0.15, 0.2) is 73.1 Å². The van der Waals surface area contributed by atoms with E-state index >= 15 is 0 Å². The van der Waals surface area contributed by atoms with Crippen LogP contribution in [0.1, 0.15) is 18.5 Å². The van der Waals surface area contributed by atoms with Crippen LogP contribution >= 0.6 is 11.3 Å². The lowest BCUT2D eigenvalue weighted by Gasteiger charge is -2.15. The monoisotopic (exact) mass is 331 g/mol. The highest BCUT2D eigenvalue weighted by molar-refractivity contribution is 7.21. The molecule has 4 rings (SSSR count). The van der Waals surface area contributed by atoms with Crippen molar-refractivity contribution in [1.29, 1.82) is 0 Å². The van der Waals surface area contributed by atoms with Gasteiger partial charge in [0, 0.05) is 29.7 Å². The van der Waals surface area contributed by atoms with E-state index in [0.29, 0.717) is 0 Å². The zero-order valence-corrected chi connectivity index (χ0v) is 14.1. The Kier molecular flexibility index (Phi) is 3.97. The quantitative estimate of drug-likeness (QED) is 0.534. The lowest BCUT2D eigenvalue weighted by Crippen LogP contribution is -2.05. The van der Waals surface area contributed by atoms with Gasteiger partial charge in [-0.1, -0.05) is 30.3 Å². The molecule has 118 valence electrons. The van der Waals surface area contributed by atoms with Crippen LogP contribution in [0.2, 0.25) is 0 Å². The highest BCUT2D eigenvalue weighted by Crippen LogP contribution is 2.32. The van der Waals surface area contributed by atoms with Gasteiger partial charge in [-0.25, -0.2) is 4.98 Å². The Bertz CT molecular complexity index is 948. The second-order valence-corrected chi connectivity index (χ2v) is 6.75. The number of nitrogens with zero attached hydrogens (tertiary/aromatic N) is 2. The largest absolute Gasteiger partial charge is 0.378 e. The van der Waals surface area contributed by atoms with E-state index in [0.717, 1.165) is 21.8 Å². The summed E-state index contributed by atoms with van der Waals surface area (Å²) in [5.74, 6) is 0. The average Bonchev–Trinajstić information content (AvgIpc) is 3.06. The Morgan fingerprint density at radius 2 is 1.88 bits per heavy atom. The summed E-state index contributed by atoms with van der Waals surface area (Å²) in [7, 11) is 0. The molecule has 0 aliphatic heterocycles. The average molecular weight is 331 g/mol. The number of thiazole rings is 1. The smallest absolute Gasteiger partial charge is 0.126 e. The summed E-state index contributed by atoms with van der Waals surface area (Å²) < 4.78 is 1.18. The molecule has 2 heterocycles. The van der Waals surface area contributed by atoms with Crippen LogP contribution in [-0.4, -0.2) is 9.97 Å². The van der Waals surface area contributed by atoms with E-state index in [-0.39, 0.29) is 6.04 Å². The van der Waals surface area contributed by atoms with Crippen molar-refractivity contribution >= 4 is 27.2 Å². The van der Waals surface area contributed by atoms with Gasteiger partial charge in [-0.2, -0.15) is 0 Å². The van der Waals surface area contributed by atoms with Gasteiger partial charge in [0.1, 0.15) is 5.01 Å². The minimum Gasteiger partial charge on any atom is -0.378 e.